The molecule has 0 saturated heterocycles. The minimum absolute atomic E-state index is 0.102. The molecule has 1 unspecified atom stereocenters. The van der Waals surface area contributed by atoms with Crippen molar-refractivity contribution in [3.8, 4) is 0 Å². The van der Waals surface area contributed by atoms with E-state index in [0.29, 0.717) is 16.7 Å². The molecule has 2 N–H and O–H groups in total. The standard InChI is InChI=1S/C14H16FNO3S/c1-14(18,8-20-2)7-16-13(17)12-6-9-5-10(15)3-4-11(9)19-12/h3-6,18H,7-8H2,1-2H3,(H,16,17). The van der Waals surface area contributed by atoms with Crippen molar-refractivity contribution < 1.29 is 18.7 Å². The lowest BCUT2D eigenvalue weighted by Crippen LogP contribution is -2.42. The van der Waals surface area contributed by atoms with Crippen molar-refractivity contribution in [1.29, 1.82) is 0 Å². The molecule has 2 aromatic rings. The van der Waals surface area contributed by atoms with Crippen molar-refractivity contribution >= 4 is 28.6 Å². The summed E-state index contributed by atoms with van der Waals surface area (Å²) in [5.41, 5.74) is -0.528. The van der Waals surface area contributed by atoms with E-state index in [1.807, 2.05) is 6.26 Å². The lowest BCUT2D eigenvalue weighted by Gasteiger charge is -2.22. The zero-order valence-electron chi connectivity index (χ0n) is 11.3. The second-order valence-corrected chi connectivity index (χ2v) is 5.77. The molecule has 2 rings (SSSR count). The highest BCUT2D eigenvalue weighted by Crippen LogP contribution is 2.20. The molecule has 0 radical (unpaired) electrons. The maximum atomic E-state index is 13.1. The lowest BCUT2D eigenvalue weighted by molar-refractivity contribution is 0.0711. The molecule has 6 heteroatoms. The number of fused-ring (bicyclic) bond motifs is 1. The maximum absolute atomic E-state index is 13.1. The number of hydrogen-bond donors (Lipinski definition) is 2. The second-order valence-electron chi connectivity index (χ2n) is 4.91. The van der Waals surface area contributed by atoms with Gasteiger partial charge in [-0.2, -0.15) is 11.8 Å². The molecular formula is C14H16FNO3S. The van der Waals surface area contributed by atoms with Gasteiger partial charge in [-0.15, -0.1) is 0 Å². The van der Waals surface area contributed by atoms with Crippen LogP contribution in [0.4, 0.5) is 4.39 Å². The van der Waals surface area contributed by atoms with Gasteiger partial charge in [-0.05, 0) is 37.4 Å². The molecule has 1 aromatic carbocycles. The van der Waals surface area contributed by atoms with Crippen LogP contribution >= 0.6 is 11.8 Å². The smallest absolute Gasteiger partial charge is 0.287 e. The minimum atomic E-state index is -0.979. The summed E-state index contributed by atoms with van der Waals surface area (Å²) in [7, 11) is 0. The van der Waals surface area contributed by atoms with Crippen LogP contribution < -0.4 is 5.32 Å². The third-order valence-electron chi connectivity index (χ3n) is 2.79. The Bertz CT molecular complexity index is 624. The Morgan fingerprint density at radius 3 is 2.95 bits per heavy atom. The Labute approximate surface area is 120 Å². The largest absolute Gasteiger partial charge is 0.451 e. The number of furan rings is 1. The number of amides is 1. The van der Waals surface area contributed by atoms with Crippen molar-refractivity contribution in [1.82, 2.24) is 5.32 Å². The first kappa shape index (κ1) is 14.9. The Hall–Kier alpha value is -1.53. The predicted molar refractivity (Wildman–Crippen MR) is 77.5 cm³/mol. The van der Waals surface area contributed by atoms with E-state index in [0.717, 1.165) is 0 Å². The number of benzene rings is 1. The number of carbonyl (C=O) groups is 1. The number of aliphatic hydroxyl groups is 1. The normalized spacial score (nSPS) is 14.2. The summed E-state index contributed by atoms with van der Waals surface area (Å²) in [5.74, 6) is -0.194. The summed E-state index contributed by atoms with van der Waals surface area (Å²) in [6.07, 6.45) is 1.88. The van der Waals surface area contributed by atoms with Crippen LogP contribution in [0.25, 0.3) is 11.0 Å². The van der Waals surface area contributed by atoms with Gasteiger partial charge in [0.2, 0.25) is 0 Å². The first-order chi connectivity index (χ1) is 9.41. The monoisotopic (exact) mass is 297 g/mol. The Balaban J connectivity index is 2.08. The maximum Gasteiger partial charge on any atom is 0.287 e. The molecule has 0 aliphatic rings. The van der Waals surface area contributed by atoms with Crippen LogP contribution in [0, 0.1) is 5.82 Å². The number of nitrogens with one attached hydrogen (secondary N) is 1. The molecule has 0 bridgehead atoms. The van der Waals surface area contributed by atoms with Crippen molar-refractivity contribution in [2.75, 3.05) is 18.6 Å². The molecule has 0 saturated carbocycles. The van der Waals surface area contributed by atoms with Crippen LogP contribution in [0.5, 0.6) is 0 Å². The summed E-state index contributed by atoms with van der Waals surface area (Å²) < 4.78 is 18.4. The highest BCUT2D eigenvalue weighted by atomic mass is 32.2. The van der Waals surface area contributed by atoms with Crippen molar-refractivity contribution in [2.45, 2.75) is 12.5 Å². The average Bonchev–Trinajstić information content (AvgIpc) is 2.79. The molecule has 1 heterocycles. The molecule has 1 amide bonds. The summed E-state index contributed by atoms with van der Waals surface area (Å²) >= 11 is 1.50. The van der Waals surface area contributed by atoms with E-state index in [1.54, 1.807) is 6.92 Å². The summed E-state index contributed by atoms with van der Waals surface area (Å²) in [5, 5.41) is 13.1. The summed E-state index contributed by atoms with van der Waals surface area (Å²) in [4.78, 5) is 11.9. The highest BCUT2D eigenvalue weighted by Gasteiger charge is 2.22. The van der Waals surface area contributed by atoms with Gasteiger partial charge in [-0.1, -0.05) is 0 Å². The van der Waals surface area contributed by atoms with Crippen LogP contribution in [0.2, 0.25) is 0 Å². The van der Waals surface area contributed by atoms with Gasteiger partial charge >= 0.3 is 0 Å². The third kappa shape index (κ3) is 3.52. The van der Waals surface area contributed by atoms with E-state index in [1.165, 1.54) is 36.0 Å². The van der Waals surface area contributed by atoms with Gasteiger partial charge in [0, 0.05) is 17.7 Å². The van der Waals surface area contributed by atoms with Gasteiger partial charge < -0.3 is 14.8 Å². The molecule has 0 aliphatic heterocycles. The van der Waals surface area contributed by atoms with E-state index in [9.17, 15) is 14.3 Å². The fraction of sp³-hybridized carbons (Fsp3) is 0.357. The fourth-order valence-corrected chi connectivity index (χ4v) is 2.57. The fourth-order valence-electron chi connectivity index (χ4n) is 1.85. The minimum Gasteiger partial charge on any atom is -0.451 e. The van der Waals surface area contributed by atoms with Crippen LogP contribution in [0.15, 0.2) is 28.7 Å². The Morgan fingerprint density at radius 1 is 1.50 bits per heavy atom. The summed E-state index contributed by atoms with van der Waals surface area (Å²) in [6, 6.07) is 5.54. The van der Waals surface area contributed by atoms with E-state index < -0.39 is 11.5 Å². The second kappa shape index (κ2) is 5.85. The molecular weight excluding hydrogens is 281 g/mol. The molecule has 1 atom stereocenters. The van der Waals surface area contributed by atoms with E-state index >= 15 is 0 Å². The first-order valence-electron chi connectivity index (χ1n) is 6.10. The van der Waals surface area contributed by atoms with Crippen LogP contribution in [-0.2, 0) is 0 Å². The molecule has 20 heavy (non-hydrogen) atoms. The van der Waals surface area contributed by atoms with Crippen molar-refractivity contribution in [3.05, 3.63) is 35.8 Å². The van der Waals surface area contributed by atoms with E-state index in [-0.39, 0.29) is 18.1 Å². The van der Waals surface area contributed by atoms with Gasteiger partial charge in [0.15, 0.2) is 5.76 Å². The van der Waals surface area contributed by atoms with Crippen molar-refractivity contribution in [2.24, 2.45) is 0 Å². The zero-order chi connectivity index (χ0) is 14.8. The number of halogens is 1. The predicted octanol–water partition coefficient (Wildman–Crippen LogP) is 2.42. The molecule has 4 nitrogen and oxygen atoms in total. The van der Waals surface area contributed by atoms with Gasteiger partial charge in [0.25, 0.3) is 5.91 Å². The number of rotatable bonds is 5. The van der Waals surface area contributed by atoms with Crippen LogP contribution in [0.1, 0.15) is 17.5 Å². The average molecular weight is 297 g/mol. The van der Waals surface area contributed by atoms with Gasteiger partial charge in [0.1, 0.15) is 11.4 Å². The highest BCUT2D eigenvalue weighted by molar-refractivity contribution is 7.98. The van der Waals surface area contributed by atoms with Gasteiger partial charge in [-0.25, -0.2) is 4.39 Å². The van der Waals surface area contributed by atoms with Crippen LogP contribution in [0.3, 0.4) is 0 Å². The topological polar surface area (TPSA) is 62.5 Å². The SMILES string of the molecule is CSCC(C)(O)CNC(=O)c1cc2cc(F)ccc2o1. The Morgan fingerprint density at radius 2 is 2.25 bits per heavy atom. The zero-order valence-corrected chi connectivity index (χ0v) is 12.1. The molecule has 108 valence electrons. The van der Waals surface area contributed by atoms with Gasteiger partial charge in [0.05, 0.1) is 5.60 Å². The van der Waals surface area contributed by atoms with E-state index in [2.05, 4.69) is 5.32 Å². The summed E-state index contributed by atoms with van der Waals surface area (Å²) in [6.45, 7) is 1.77. The first-order valence-corrected chi connectivity index (χ1v) is 7.49. The number of thioether (sulfide) groups is 1. The van der Waals surface area contributed by atoms with Crippen molar-refractivity contribution in [3.63, 3.8) is 0 Å². The lowest BCUT2D eigenvalue weighted by atomic mass is 10.1. The Kier molecular flexibility index (Phi) is 4.35. The molecule has 0 aliphatic carbocycles. The van der Waals surface area contributed by atoms with Crippen LogP contribution in [-0.4, -0.2) is 35.2 Å². The quantitative estimate of drug-likeness (QED) is 0.889. The molecule has 0 fully saturated rings. The number of carbonyl (C=O) groups excluding carboxylic acids is 1. The molecule has 0 spiro atoms. The number of hydrogen-bond acceptors (Lipinski definition) is 4. The van der Waals surface area contributed by atoms with Gasteiger partial charge in [-0.3, -0.25) is 4.79 Å². The van der Waals surface area contributed by atoms with E-state index in [4.69, 9.17) is 4.42 Å². The third-order valence-corrected chi connectivity index (χ3v) is 3.70. The molecule has 1 aromatic heterocycles.